The minimum Gasteiger partial charge on any atom is -0.379 e. The van der Waals surface area contributed by atoms with Crippen molar-refractivity contribution in [3.8, 4) is 0 Å². The van der Waals surface area contributed by atoms with E-state index in [1.807, 2.05) is 6.07 Å². The standard InChI is InChI=1S/C13H17FN2O/c14-11-2-3-12-10(9-11)1-4-13(12)15-16-5-7-17-8-6-16/h2-3,9,13,15H,1,4-8H2. The number of rotatable bonds is 2. The van der Waals surface area contributed by atoms with Gasteiger partial charge < -0.3 is 4.74 Å². The van der Waals surface area contributed by atoms with Crippen LogP contribution in [0.15, 0.2) is 18.2 Å². The summed E-state index contributed by atoms with van der Waals surface area (Å²) >= 11 is 0. The average Bonchev–Trinajstić information content (AvgIpc) is 2.73. The highest BCUT2D eigenvalue weighted by Gasteiger charge is 2.24. The Morgan fingerprint density at radius 2 is 2.12 bits per heavy atom. The van der Waals surface area contributed by atoms with Crippen LogP contribution in [-0.2, 0) is 11.2 Å². The maximum absolute atomic E-state index is 13.1. The predicted molar refractivity (Wildman–Crippen MR) is 63.0 cm³/mol. The van der Waals surface area contributed by atoms with Crippen LogP contribution in [0, 0.1) is 5.82 Å². The van der Waals surface area contributed by atoms with Gasteiger partial charge in [-0.3, -0.25) is 0 Å². The normalized spacial score (nSPS) is 24.9. The molecule has 1 heterocycles. The second-order valence-corrected chi connectivity index (χ2v) is 4.66. The van der Waals surface area contributed by atoms with Crippen LogP contribution >= 0.6 is 0 Å². The Hall–Kier alpha value is -0.970. The van der Waals surface area contributed by atoms with Crippen molar-refractivity contribution in [2.75, 3.05) is 26.3 Å². The summed E-state index contributed by atoms with van der Waals surface area (Å²) in [6.45, 7) is 3.42. The number of nitrogens with zero attached hydrogens (tertiary/aromatic N) is 1. The van der Waals surface area contributed by atoms with E-state index in [0.717, 1.165) is 44.7 Å². The zero-order chi connectivity index (χ0) is 11.7. The number of nitrogens with one attached hydrogen (secondary N) is 1. The van der Waals surface area contributed by atoms with Crippen LogP contribution in [-0.4, -0.2) is 31.3 Å². The van der Waals surface area contributed by atoms with Crippen LogP contribution in [0.1, 0.15) is 23.6 Å². The van der Waals surface area contributed by atoms with Gasteiger partial charge in [-0.1, -0.05) is 6.07 Å². The van der Waals surface area contributed by atoms with Crippen molar-refractivity contribution in [1.82, 2.24) is 10.4 Å². The molecule has 0 spiro atoms. The zero-order valence-corrected chi connectivity index (χ0v) is 9.79. The lowest BCUT2D eigenvalue weighted by Crippen LogP contribution is -2.46. The topological polar surface area (TPSA) is 24.5 Å². The van der Waals surface area contributed by atoms with E-state index in [4.69, 9.17) is 4.74 Å². The number of morpholine rings is 1. The molecule has 1 aliphatic carbocycles. The van der Waals surface area contributed by atoms with E-state index in [9.17, 15) is 4.39 Å². The maximum Gasteiger partial charge on any atom is 0.123 e. The molecular formula is C13H17FN2O. The summed E-state index contributed by atoms with van der Waals surface area (Å²) in [5.74, 6) is -0.129. The second-order valence-electron chi connectivity index (χ2n) is 4.66. The molecule has 1 N–H and O–H groups in total. The van der Waals surface area contributed by atoms with Gasteiger partial charge in [0.15, 0.2) is 0 Å². The smallest absolute Gasteiger partial charge is 0.123 e. The van der Waals surface area contributed by atoms with Crippen LogP contribution in [0.4, 0.5) is 4.39 Å². The first kappa shape index (κ1) is 11.1. The maximum atomic E-state index is 13.1. The zero-order valence-electron chi connectivity index (χ0n) is 9.79. The molecule has 0 bridgehead atoms. The van der Waals surface area contributed by atoms with E-state index < -0.39 is 0 Å². The third-order valence-corrected chi connectivity index (χ3v) is 3.53. The molecule has 1 aromatic rings. The van der Waals surface area contributed by atoms with Crippen LogP contribution in [0.3, 0.4) is 0 Å². The molecule has 1 atom stereocenters. The summed E-state index contributed by atoms with van der Waals surface area (Å²) in [5, 5.41) is 2.21. The highest BCUT2D eigenvalue weighted by atomic mass is 19.1. The van der Waals surface area contributed by atoms with Gasteiger partial charge in [-0.25, -0.2) is 14.8 Å². The van der Waals surface area contributed by atoms with Crippen LogP contribution in [0.5, 0.6) is 0 Å². The number of fused-ring (bicyclic) bond motifs is 1. The van der Waals surface area contributed by atoms with Gasteiger partial charge in [0.25, 0.3) is 0 Å². The fourth-order valence-corrected chi connectivity index (χ4v) is 2.63. The molecule has 0 saturated carbocycles. The fourth-order valence-electron chi connectivity index (χ4n) is 2.63. The average molecular weight is 236 g/mol. The third-order valence-electron chi connectivity index (χ3n) is 3.53. The van der Waals surface area contributed by atoms with Crippen molar-refractivity contribution in [3.63, 3.8) is 0 Å². The Bertz CT molecular complexity index is 404. The molecule has 1 unspecified atom stereocenters. The van der Waals surface area contributed by atoms with Crippen molar-refractivity contribution >= 4 is 0 Å². The van der Waals surface area contributed by atoms with Gasteiger partial charge in [-0.2, -0.15) is 0 Å². The number of ether oxygens (including phenoxy) is 1. The number of aryl methyl sites for hydroxylation is 1. The molecule has 1 aromatic carbocycles. The van der Waals surface area contributed by atoms with Gasteiger partial charge in [-0.15, -0.1) is 0 Å². The summed E-state index contributed by atoms with van der Waals surface area (Å²) in [6.07, 6.45) is 2.02. The summed E-state index contributed by atoms with van der Waals surface area (Å²) in [5.41, 5.74) is 5.92. The van der Waals surface area contributed by atoms with Crippen LogP contribution in [0.25, 0.3) is 0 Å². The Morgan fingerprint density at radius 3 is 2.94 bits per heavy atom. The molecule has 2 aliphatic rings. The minimum atomic E-state index is -0.129. The SMILES string of the molecule is Fc1ccc2c(c1)CCC2NN1CCOCC1. The molecule has 0 amide bonds. The number of hydrogen-bond donors (Lipinski definition) is 1. The molecule has 1 fully saturated rings. The lowest BCUT2D eigenvalue weighted by molar-refractivity contribution is 0.00348. The van der Waals surface area contributed by atoms with Gasteiger partial charge in [0.05, 0.1) is 13.2 Å². The Morgan fingerprint density at radius 1 is 1.29 bits per heavy atom. The van der Waals surface area contributed by atoms with Crippen molar-refractivity contribution in [2.24, 2.45) is 0 Å². The second kappa shape index (κ2) is 4.72. The van der Waals surface area contributed by atoms with Crippen molar-refractivity contribution < 1.29 is 9.13 Å². The molecule has 1 aliphatic heterocycles. The van der Waals surface area contributed by atoms with Gasteiger partial charge in [0, 0.05) is 19.1 Å². The first-order valence-electron chi connectivity index (χ1n) is 6.20. The van der Waals surface area contributed by atoms with Gasteiger partial charge in [0.1, 0.15) is 5.82 Å². The predicted octanol–water partition coefficient (Wildman–Crippen LogP) is 1.65. The van der Waals surface area contributed by atoms with Gasteiger partial charge in [-0.05, 0) is 36.1 Å². The highest BCUT2D eigenvalue weighted by Crippen LogP contribution is 2.31. The van der Waals surface area contributed by atoms with Crippen molar-refractivity contribution in [3.05, 3.63) is 35.1 Å². The third kappa shape index (κ3) is 2.34. The molecule has 3 nitrogen and oxygen atoms in total. The van der Waals surface area contributed by atoms with E-state index in [-0.39, 0.29) is 5.82 Å². The molecule has 0 radical (unpaired) electrons. The Balaban J connectivity index is 1.70. The largest absolute Gasteiger partial charge is 0.379 e. The van der Waals surface area contributed by atoms with E-state index in [2.05, 4.69) is 10.4 Å². The van der Waals surface area contributed by atoms with E-state index >= 15 is 0 Å². The van der Waals surface area contributed by atoms with Crippen molar-refractivity contribution in [1.29, 1.82) is 0 Å². The van der Waals surface area contributed by atoms with Crippen molar-refractivity contribution in [2.45, 2.75) is 18.9 Å². The number of hydrogen-bond acceptors (Lipinski definition) is 3. The molecule has 0 aromatic heterocycles. The van der Waals surface area contributed by atoms with Gasteiger partial charge in [0.2, 0.25) is 0 Å². The van der Waals surface area contributed by atoms with E-state index in [0.29, 0.717) is 6.04 Å². The highest BCUT2D eigenvalue weighted by molar-refractivity contribution is 5.34. The Kier molecular flexibility index (Phi) is 3.09. The molecule has 1 saturated heterocycles. The lowest BCUT2D eigenvalue weighted by Gasteiger charge is -2.30. The Labute approximate surface area is 101 Å². The molecule has 92 valence electrons. The van der Waals surface area contributed by atoms with E-state index in [1.165, 1.54) is 5.56 Å². The monoisotopic (exact) mass is 236 g/mol. The minimum absolute atomic E-state index is 0.129. The van der Waals surface area contributed by atoms with Crippen LogP contribution in [0.2, 0.25) is 0 Å². The molecule has 4 heteroatoms. The molecule has 17 heavy (non-hydrogen) atoms. The first-order valence-corrected chi connectivity index (χ1v) is 6.20. The number of benzene rings is 1. The summed E-state index contributed by atoms with van der Waals surface area (Å²) in [4.78, 5) is 0. The lowest BCUT2D eigenvalue weighted by atomic mass is 10.1. The summed E-state index contributed by atoms with van der Waals surface area (Å²) < 4.78 is 18.4. The number of hydrazine groups is 1. The quantitative estimate of drug-likeness (QED) is 0.845. The molecular weight excluding hydrogens is 219 g/mol. The van der Waals surface area contributed by atoms with Crippen LogP contribution < -0.4 is 5.43 Å². The van der Waals surface area contributed by atoms with E-state index in [1.54, 1.807) is 12.1 Å². The van der Waals surface area contributed by atoms with Gasteiger partial charge >= 0.3 is 0 Å². The first-order chi connectivity index (χ1) is 8.33. The number of halogens is 1. The fraction of sp³-hybridized carbons (Fsp3) is 0.538. The molecule has 3 rings (SSSR count). The summed E-state index contributed by atoms with van der Waals surface area (Å²) in [7, 11) is 0. The summed E-state index contributed by atoms with van der Waals surface area (Å²) in [6, 6.07) is 5.47.